The summed E-state index contributed by atoms with van der Waals surface area (Å²) in [6.45, 7) is 8.74. The summed E-state index contributed by atoms with van der Waals surface area (Å²) >= 11 is 0. The van der Waals surface area contributed by atoms with E-state index in [0.717, 1.165) is 34.8 Å². The molecule has 1 heterocycles. The third-order valence-electron chi connectivity index (χ3n) is 3.99. The van der Waals surface area contributed by atoms with Gasteiger partial charge in [0.15, 0.2) is 0 Å². The summed E-state index contributed by atoms with van der Waals surface area (Å²) in [4.78, 5) is 0. The Bertz CT molecular complexity index is 625. The van der Waals surface area contributed by atoms with Crippen LogP contribution < -0.4 is 16.2 Å². The maximum Gasteiger partial charge on any atom is 0.416 e. The number of hydrogen-bond donors (Lipinski definition) is 3. The van der Waals surface area contributed by atoms with Crippen molar-refractivity contribution in [1.29, 1.82) is 0 Å². The molecule has 0 atom stereocenters. The zero-order valence-electron chi connectivity index (χ0n) is 13.7. The molecule has 0 saturated carbocycles. The topological polar surface area (TPSA) is 36.1 Å². The van der Waals surface area contributed by atoms with Gasteiger partial charge in [0.2, 0.25) is 0 Å². The first-order valence-corrected chi connectivity index (χ1v) is 7.54. The van der Waals surface area contributed by atoms with Crippen LogP contribution in [-0.2, 0) is 12.7 Å². The first kappa shape index (κ1) is 17.2. The Morgan fingerprint density at radius 3 is 2.13 bits per heavy atom. The van der Waals surface area contributed by atoms with Crippen LogP contribution in [0.4, 0.5) is 13.2 Å². The minimum Gasteiger partial charge on any atom is -0.366 e. The normalized spacial score (nSPS) is 15.7. The van der Waals surface area contributed by atoms with E-state index < -0.39 is 11.7 Å². The second-order valence-electron chi connectivity index (χ2n) is 5.99. The van der Waals surface area contributed by atoms with Crippen molar-refractivity contribution in [2.75, 3.05) is 0 Å². The number of allylic oxidation sites excluding steroid dienone is 3. The molecule has 1 aromatic carbocycles. The summed E-state index contributed by atoms with van der Waals surface area (Å²) in [5.74, 6) is 1.22. The molecular formula is C17H22F3N3. The van der Waals surface area contributed by atoms with E-state index >= 15 is 0 Å². The summed E-state index contributed by atoms with van der Waals surface area (Å²) in [5, 5.41) is 3.23. The average Bonchev–Trinajstić information content (AvgIpc) is 2.48. The molecule has 3 nitrogen and oxygen atoms in total. The van der Waals surface area contributed by atoms with E-state index in [-0.39, 0.29) is 0 Å². The van der Waals surface area contributed by atoms with Crippen molar-refractivity contribution in [2.24, 2.45) is 5.92 Å². The molecule has 1 aliphatic rings. The number of alkyl halides is 3. The van der Waals surface area contributed by atoms with E-state index in [4.69, 9.17) is 0 Å². The smallest absolute Gasteiger partial charge is 0.366 e. The van der Waals surface area contributed by atoms with E-state index in [1.807, 2.05) is 6.92 Å². The van der Waals surface area contributed by atoms with Gasteiger partial charge in [0.1, 0.15) is 5.82 Å². The van der Waals surface area contributed by atoms with Gasteiger partial charge in [-0.3, -0.25) is 5.43 Å². The Morgan fingerprint density at radius 2 is 1.61 bits per heavy atom. The zero-order valence-corrected chi connectivity index (χ0v) is 13.7. The van der Waals surface area contributed by atoms with Crippen molar-refractivity contribution in [3.63, 3.8) is 0 Å². The van der Waals surface area contributed by atoms with Crippen LogP contribution in [0.25, 0.3) is 0 Å². The minimum absolute atomic E-state index is 0.383. The highest BCUT2D eigenvalue weighted by Gasteiger charge is 2.29. The minimum atomic E-state index is -4.30. The highest BCUT2D eigenvalue weighted by molar-refractivity contribution is 5.38. The van der Waals surface area contributed by atoms with Gasteiger partial charge in [-0.15, -0.1) is 0 Å². The van der Waals surface area contributed by atoms with Gasteiger partial charge in [-0.05, 0) is 48.6 Å². The fraction of sp³-hybridized carbons (Fsp3) is 0.412. The fourth-order valence-electron chi connectivity index (χ4n) is 2.46. The molecule has 126 valence electrons. The molecule has 0 unspecified atom stereocenters. The van der Waals surface area contributed by atoms with Crippen LogP contribution in [0, 0.1) is 5.92 Å². The molecule has 3 N–H and O–H groups in total. The highest BCUT2D eigenvalue weighted by Crippen LogP contribution is 2.29. The third kappa shape index (κ3) is 4.00. The van der Waals surface area contributed by atoms with E-state index in [9.17, 15) is 13.2 Å². The Morgan fingerprint density at radius 1 is 1.00 bits per heavy atom. The summed E-state index contributed by atoms with van der Waals surface area (Å²) in [6, 6.07) is 5.19. The van der Waals surface area contributed by atoms with Crippen LogP contribution in [0.2, 0.25) is 0 Å². The molecule has 6 heteroatoms. The Hall–Kier alpha value is -2.11. The van der Waals surface area contributed by atoms with Crippen molar-refractivity contribution in [1.82, 2.24) is 16.2 Å². The number of nitrogens with one attached hydrogen (secondary N) is 3. The highest BCUT2D eigenvalue weighted by atomic mass is 19.4. The number of benzene rings is 1. The second kappa shape index (κ2) is 6.56. The molecule has 1 aliphatic heterocycles. The summed E-state index contributed by atoms with van der Waals surface area (Å²) in [7, 11) is 0. The van der Waals surface area contributed by atoms with Crippen LogP contribution in [0.5, 0.6) is 0 Å². The third-order valence-corrected chi connectivity index (χ3v) is 3.99. The summed E-state index contributed by atoms with van der Waals surface area (Å²) in [5.41, 5.74) is 9.86. The molecule has 0 aliphatic carbocycles. The molecule has 2 rings (SSSR count). The molecule has 1 aromatic rings. The van der Waals surface area contributed by atoms with Crippen molar-refractivity contribution in [2.45, 2.75) is 40.4 Å². The van der Waals surface area contributed by atoms with E-state index in [1.54, 1.807) is 0 Å². The number of rotatable bonds is 4. The zero-order chi connectivity index (χ0) is 17.2. The van der Waals surface area contributed by atoms with Crippen LogP contribution in [-0.4, -0.2) is 0 Å². The van der Waals surface area contributed by atoms with Crippen LogP contribution >= 0.6 is 0 Å². The second-order valence-corrected chi connectivity index (χ2v) is 5.99. The largest absolute Gasteiger partial charge is 0.416 e. The van der Waals surface area contributed by atoms with Gasteiger partial charge >= 0.3 is 6.18 Å². The molecule has 0 amide bonds. The number of halogens is 3. The van der Waals surface area contributed by atoms with E-state index in [1.165, 1.54) is 17.7 Å². The SMILES string of the molecule is CC1=C(NCc2ccc(C(F)(F)F)cc2)NNC(C(C)C)=C1C. The Labute approximate surface area is 134 Å². The van der Waals surface area contributed by atoms with Gasteiger partial charge < -0.3 is 10.7 Å². The standard InChI is InChI=1S/C17H22F3N3/c1-10(2)15-11(3)12(4)16(23-22-15)21-9-13-5-7-14(8-6-13)17(18,19)20/h5-8,10,21-23H,9H2,1-4H3. The molecule has 0 bridgehead atoms. The maximum atomic E-state index is 12.5. The molecule has 0 aromatic heterocycles. The quantitative estimate of drug-likeness (QED) is 0.781. The van der Waals surface area contributed by atoms with Gasteiger partial charge in [-0.1, -0.05) is 26.0 Å². The van der Waals surface area contributed by atoms with Gasteiger partial charge in [0.05, 0.1) is 5.56 Å². The molecule has 0 saturated heterocycles. The van der Waals surface area contributed by atoms with Crippen LogP contribution in [0.1, 0.15) is 38.8 Å². The van der Waals surface area contributed by atoms with E-state index in [0.29, 0.717) is 12.5 Å². The van der Waals surface area contributed by atoms with Crippen LogP contribution in [0.15, 0.2) is 46.9 Å². The summed E-state index contributed by atoms with van der Waals surface area (Å²) in [6.07, 6.45) is -4.30. The lowest BCUT2D eigenvalue weighted by molar-refractivity contribution is -0.137. The Kier molecular flexibility index (Phi) is 4.92. The van der Waals surface area contributed by atoms with Crippen molar-refractivity contribution >= 4 is 0 Å². The maximum absolute atomic E-state index is 12.5. The first-order chi connectivity index (χ1) is 10.7. The number of hydrazine groups is 1. The predicted octanol–water partition coefficient (Wildman–Crippen LogP) is 4.06. The summed E-state index contributed by atoms with van der Waals surface area (Å²) < 4.78 is 37.6. The van der Waals surface area contributed by atoms with Crippen molar-refractivity contribution in [3.05, 3.63) is 58.1 Å². The Balaban J connectivity index is 2.07. The monoisotopic (exact) mass is 325 g/mol. The van der Waals surface area contributed by atoms with Crippen LogP contribution in [0.3, 0.4) is 0 Å². The molecular weight excluding hydrogens is 303 g/mol. The molecule has 23 heavy (non-hydrogen) atoms. The fourth-order valence-corrected chi connectivity index (χ4v) is 2.46. The van der Waals surface area contributed by atoms with Gasteiger partial charge in [-0.2, -0.15) is 13.2 Å². The lowest BCUT2D eigenvalue weighted by Gasteiger charge is -2.28. The van der Waals surface area contributed by atoms with Gasteiger partial charge in [-0.25, -0.2) is 0 Å². The van der Waals surface area contributed by atoms with Gasteiger partial charge in [0.25, 0.3) is 0 Å². The first-order valence-electron chi connectivity index (χ1n) is 7.54. The predicted molar refractivity (Wildman–Crippen MR) is 84.8 cm³/mol. The lowest BCUT2D eigenvalue weighted by atomic mass is 9.99. The molecule has 0 spiro atoms. The van der Waals surface area contributed by atoms with Crippen molar-refractivity contribution in [3.8, 4) is 0 Å². The van der Waals surface area contributed by atoms with E-state index in [2.05, 4.69) is 36.9 Å². The van der Waals surface area contributed by atoms with Gasteiger partial charge in [0, 0.05) is 12.2 Å². The molecule has 0 radical (unpaired) electrons. The molecule has 0 fully saturated rings. The lowest BCUT2D eigenvalue weighted by Crippen LogP contribution is -2.42. The average molecular weight is 325 g/mol. The van der Waals surface area contributed by atoms with Crippen molar-refractivity contribution < 1.29 is 13.2 Å². The number of hydrogen-bond acceptors (Lipinski definition) is 3.